The number of carbonyl (C=O) groups excluding carboxylic acids is 4. The minimum absolute atomic E-state index is 0.126. The van der Waals surface area contributed by atoms with Gasteiger partial charge in [0, 0.05) is 46.5 Å². The number of rotatable bonds is 12. The number of hydrogen-bond acceptors (Lipinski definition) is 10. The molecule has 238 valence electrons. The van der Waals surface area contributed by atoms with Crippen molar-refractivity contribution in [3.8, 4) is 0 Å². The van der Waals surface area contributed by atoms with Crippen LogP contribution in [-0.4, -0.2) is 33.4 Å². The van der Waals surface area contributed by atoms with Crippen molar-refractivity contribution in [1.29, 1.82) is 0 Å². The van der Waals surface area contributed by atoms with E-state index in [2.05, 4.69) is 0 Å². The molecular formula is C36H24N2O10. The average molecular weight is 645 g/mol. The van der Waals surface area contributed by atoms with Crippen LogP contribution in [0.4, 0.5) is 11.4 Å². The SMILES string of the molecule is O=C(O[C@H](C(=O)c1ccccc1)c1ccc([N+](=O)[O-])cc1)c1cccc(C(=O)O[C@H](C(=O)c2ccccc2)c2ccc([N+](=O)[O-])cc2)c1. The Bertz CT molecular complexity index is 1850. The van der Waals surface area contributed by atoms with Crippen LogP contribution in [0.1, 0.15) is 64.8 Å². The van der Waals surface area contributed by atoms with Crippen LogP contribution < -0.4 is 0 Å². The molecule has 5 rings (SSSR count). The maximum Gasteiger partial charge on any atom is 0.339 e. The van der Waals surface area contributed by atoms with Gasteiger partial charge in [0.1, 0.15) is 0 Å². The summed E-state index contributed by atoms with van der Waals surface area (Å²) < 4.78 is 11.3. The van der Waals surface area contributed by atoms with Crippen molar-refractivity contribution in [3.05, 3.63) is 187 Å². The summed E-state index contributed by atoms with van der Waals surface area (Å²) in [5, 5.41) is 22.3. The molecule has 0 fully saturated rings. The van der Waals surface area contributed by atoms with Crippen molar-refractivity contribution in [2.24, 2.45) is 0 Å². The van der Waals surface area contributed by atoms with Crippen LogP contribution in [0.5, 0.6) is 0 Å². The Kier molecular flexibility index (Phi) is 9.85. The summed E-state index contributed by atoms with van der Waals surface area (Å²) in [6.07, 6.45) is -2.96. The van der Waals surface area contributed by atoms with Gasteiger partial charge in [0.15, 0.2) is 12.2 Å². The van der Waals surface area contributed by atoms with Gasteiger partial charge in [-0.05, 0) is 42.5 Å². The highest BCUT2D eigenvalue weighted by Crippen LogP contribution is 2.28. The quantitative estimate of drug-likeness (QED) is 0.0592. The topological polar surface area (TPSA) is 173 Å². The Morgan fingerprint density at radius 2 is 0.792 bits per heavy atom. The number of nitrogens with zero attached hydrogens (tertiary/aromatic N) is 2. The van der Waals surface area contributed by atoms with Gasteiger partial charge in [0.2, 0.25) is 11.6 Å². The fourth-order valence-corrected chi connectivity index (χ4v) is 4.72. The summed E-state index contributed by atoms with van der Waals surface area (Å²) in [6, 6.07) is 31.3. The van der Waals surface area contributed by atoms with Crippen molar-refractivity contribution in [3.63, 3.8) is 0 Å². The van der Waals surface area contributed by atoms with E-state index in [-0.39, 0.29) is 44.8 Å². The second-order valence-electron chi connectivity index (χ2n) is 10.3. The summed E-state index contributed by atoms with van der Waals surface area (Å²) in [5.41, 5.74) is 0.127. The molecular weight excluding hydrogens is 620 g/mol. The summed E-state index contributed by atoms with van der Waals surface area (Å²) in [7, 11) is 0. The van der Waals surface area contributed by atoms with Gasteiger partial charge in [-0.1, -0.05) is 66.7 Å². The van der Waals surface area contributed by atoms with Crippen molar-refractivity contribution < 1.29 is 38.5 Å². The van der Waals surface area contributed by atoms with Crippen LogP contribution >= 0.6 is 0 Å². The van der Waals surface area contributed by atoms with E-state index in [9.17, 15) is 39.4 Å². The molecule has 0 radical (unpaired) electrons. The number of esters is 2. The Labute approximate surface area is 272 Å². The van der Waals surface area contributed by atoms with E-state index in [1.165, 1.54) is 97.1 Å². The predicted octanol–water partition coefficient (Wildman–Crippen LogP) is 7.07. The molecule has 0 aromatic heterocycles. The smallest absolute Gasteiger partial charge is 0.339 e. The second-order valence-corrected chi connectivity index (χ2v) is 10.3. The zero-order chi connectivity index (χ0) is 34.2. The number of non-ortho nitro benzene ring substituents is 2. The molecule has 12 nitrogen and oxygen atoms in total. The number of Topliss-reactive ketones (excluding diaryl/α,β-unsaturated/α-hetero) is 2. The van der Waals surface area contributed by atoms with E-state index >= 15 is 0 Å². The normalized spacial score (nSPS) is 11.8. The molecule has 12 heteroatoms. The lowest BCUT2D eigenvalue weighted by atomic mass is 9.99. The predicted molar refractivity (Wildman–Crippen MR) is 170 cm³/mol. The first-order valence-corrected chi connectivity index (χ1v) is 14.3. The summed E-state index contributed by atoms with van der Waals surface area (Å²) in [5.74, 6) is -3.13. The standard InChI is InChI=1S/C36H24N2O10/c39-31(23-8-3-1-4-9-23)33(25-14-18-29(19-15-25)37(43)44)47-35(41)27-12-7-13-28(22-27)36(42)48-34(32(40)24-10-5-2-6-11-24)26-16-20-30(21-17-26)38(45)46/h1-22,33-34H/t33-,34-/m0/s1. The number of nitro benzene ring substituents is 2. The van der Waals surface area contributed by atoms with Crippen LogP contribution in [-0.2, 0) is 9.47 Å². The number of ether oxygens (including phenoxy) is 2. The van der Waals surface area contributed by atoms with Crippen LogP contribution in [0.15, 0.2) is 133 Å². The molecule has 0 N–H and O–H groups in total. The van der Waals surface area contributed by atoms with Crippen LogP contribution in [0.2, 0.25) is 0 Å². The van der Waals surface area contributed by atoms with E-state index < -0.39 is 45.6 Å². The molecule has 5 aromatic carbocycles. The van der Waals surface area contributed by atoms with Crippen molar-refractivity contribution in [2.75, 3.05) is 0 Å². The Hall–Kier alpha value is -6.82. The second kappa shape index (κ2) is 14.5. The van der Waals surface area contributed by atoms with E-state index in [1.807, 2.05) is 0 Å². The molecule has 0 aliphatic rings. The van der Waals surface area contributed by atoms with E-state index in [0.717, 1.165) is 0 Å². The van der Waals surface area contributed by atoms with E-state index in [0.29, 0.717) is 0 Å². The molecule has 0 aliphatic heterocycles. The number of carbonyl (C=O) groups is 4. The minimum atomic E-state index is -1.48. The molecule has 0 saturated carbocycles. The van der Waals surface area contributed by atoms with Gasteiger partial charge in [-0.2, -0.15) is 0 Å². The third kappa shape index (κ3) is 7.51. The Morgan fingerprint density at radius 1 is 0.458 bits per heavy atom. The zero-order valence-corrected chi connectivity index (χ0v) is 24.8. The van der Waals surface area contributed by atoms with Gasteiger partial charge in [-0.15, -0.1) is 0 Å². The van der Waals surface area contributed by atoms with Crippen LogP contribution in [0.25, 0.3) is 0 Å². The first-order chi connectivity index (χ1) is 23.1. The van der Waals surface area contributed by atoms with Gasteiger partial charge in [0.05, 0.1) is 21.0 Å². The molecule has 0 unspecified atom stereocenters. The zero-order valence-electron chi connectivity index (χ0n) is 24.8. The van der Waals surface area contributed by atoms with Crippen molar-refractivity contribution in [2.45, 2.75) is 12.2 Å². The summed E-state index contributed by atoms with van der Waals surface area (Å²) in [6.45, 7) is 0. The lowest BCUT2D eigenvalue weighted by Gasteiger charge is -2.19. The lowest BCUT2D eigenvalue weighted by Crippen LogP contribution is -2.22. The van der Waals surface area contributed by atoms with Gasteiger partial charge in [-0.3, -0.25) is 29.8 Å². The van der Waals surface area contributed by atoms with Gasteiger partial charge in [0.25, 0.3) is 11.4 Å². The van der Waals surface area contributed by atoms with E-state index in [4.69, 9.17) is 9.47 Å². The molecule has 5 aromatic rings. The fourth-order valence-electron chi connectivity index (χ4n) is 4.72. The Balaban J connectivity index is 1.41. The number of benzene rings is 5. The third-order valence-electron chi connectivity index (χ3n) is 7.19. The van der Waals surface area contributed by atoms with Crippen LogP contribution in [0, 0.1) is 20.2 Å². The molecule has 2 atom stereocenters. The maximum atomic E-state index is 13.4. The molecule has 0 bridgehead atoms. The van der Waals surface area contributed by atoms with Gasteiger partial charge < -0.3 is 9.47 Å². The van der Waals surface area contributed by atoms with Crippen molar-refractivity contribution >= 4 is 34.9 Å². The van der Waals surface area contributed by atoms with Crippen molar-refractivity contribution in [1.82, 2.24) is 0 Å². The average Bonchev–Trinajstić information content (AvgIpc) is 3.13. The number of ketones is 2. The fraction of sp³-hybridized carbons (Fsp3) is 0.0556. The highest BCUT2D eigenvalue weighted by Gasteiger charge is 2.30. The monoisotopic (exact) mass is 644 g/mol. The molecule has 0 aliphatic carbocycles. The highest BCUT2D eigenvalue weighted by molar-refractivity contribution is 6.04. The lowest BCUT2D eigenvalue weighted by molar-refractivity contribution is -0.385. The molecule has 48 heavy (non-hydrogen) atoms. The summed E-state index contributed by atoms with van der Waals surface area (Å²) >= 11 is 0. The van der Waals surface area contributed by atoms with Crippen LogP contribution in [0.3, 0.4) is 0 Å². The molecule has 0 spiro atoms. The third-order valence-corrected chi connectivity index (χ3v) is 7.19. The minimum Gasteiger partial charge on any atom is -0.445 e. The first kappa shape index (κ1) is 32.6. The number of nitro groups is 2. The van der Waals surface area contributed by atoms with Gasteiger partial charge in [-0.25, -0.2) is 9.59 Å². The number of hydrogen-bond donors (Lipinski definition) is 0. The molecule has 0 heterocycles. The van der Waals surface area contributed by atoms with Gasteiger partial charge >= 0.3 is 11.9 Å². The Morgan fingerprint density at radius 3 is 1.12 bits per heavy atom. The summed E-state index contributed by atoms with van der Waals surface area (Å²) in [4.78, 5) is 74.8. The maximum absolute atomic E-state index is 13.4. The molecule has 0 saturated heterocycles. The largest absolute Gasteiger partial charge is 0.445 e. The highest BCUT2D eigenvalue weighted by atomic mass is 16.6. The van der Waals surface area contributed by atoms with E-state index in [1.54, 1.807) is 36.4 Å². The molecule has 0 amide bonds. The first-order valence-electron chi connectivity index (χ1n) is 14.3.